The first-order chi connectivity index (χ1) is 9.97. The van der Waals surface area contributed by atoms with Gasteiger partial charge in [0.2, 0.25) is 0 Å². The normalized spacial score (nSPS) is 21.6. The van der Waals surface area contributed by atoms with Crippen molar-refractivity contribution in [1.29, 1.82) is 0 Å². The van der Waals surface area contributed by atoms with Gasteiger partial charge in [-0.15, -0.1) is 11.3 Å². The highest BCUT2D eigenvalue weighted by Crippen LogP contribution is 2.39. The summed E-state index contributed by atoms with van der Waals surface area (Å²) in [5, 5.41) is 3.55. The quantitative estimate of drug-likeness (QED) is 0.615. The Morgan fingerprint density at radius 3 is 2.52 bits per heavy atom. The van der Waals surface area contributed by atoms with Crippen LogP contribution >= 0.6 is 11.3 Å². The van der Waals surface area contributed by atoms with Crippen molar-refractivity contribution in [1.82, 2.24) is 5.32 Å². The number of anilines is 2. The lowest BCUT2D eigenvalue weighted by molar-refractivity contribution is 0.0955. The van der Waals surface area contributed by atoms with E-state index in [1.807, 2.05) is 4.90 Å². The summed E-state index contributed by atoms with van der Waals surface area (Å²) in [5.41, 5.74) is 17.8. The van der Waals surface area contributed by atoms with E-state index in [9.17, 15) is 9.59 Å². The molecule has 1 aliphatic heterocycles. The van der Waals surface area contributed by atoms with Gasteiger partial charge in [0.05, 0.1) is 11.3 Å². The van der Waals surface area contributed by atoms with E-state index in [-0.39, 0.29) is 29.2 Å². The fraction of sp³-hybridized carbons (Fsp3) is 0.538. The maximum absolute atomic E-state index is 12.2. The number of carbonyl (C=O) groups is 2. The predicted molar refractivity (Wildman–Crippen MR) is 82.5 cm³/mol. The van der Waals surface area contributed by atoms with Crippen LogP contribution in [0.5, 0.6) is 0 Å². The van der Waals surface area contributed by atoms with E-state index < -0.39 is 5.91 Å². The van der Waals surface area contributed by atoms with Gasteiger partial charge < -0.3 is 27.4 Å². The molecule has 21 heavy (non-hydrogen) atoms. The van der Waals surface area contributed by atoms with Gasteiger partial charge in [0.25, 0.3) is 11.8 Å². The molecule has 0 spiro atoms. The average molecular weight is 309 g/mol. The lowest BCUT2D eigenvalue weighted by Gasteiger charge is -2.16. The van der Waals surface area contributed by atoms with E-state index >= 15 is 0 Å². The summed E-state index contributed by atoms with van der Waals surface area (Å²) in [5.74, 6) is -0.832. The van der Waals surface area contributed by atoms with Crippen LogP contribution in [-0.2, 0) is 0 Å². The summed E-state index contributed by atoms with van der Waals surface area (Å²) < 4.78 is 0. The van der Waals surface area contributed by atoms with Gasteiger partial charge in [0.1, 0.15) is 9.88 Å². The standard InChI is InChI=1S/C13H19N5O2S/c14-6-3-4-18(5-6)13-8(11(16)19)9(15)10(21-13)12(20)17-7-1-2-7/h6-7H,1-5,14-15H2,(H2,16,19)(H,17,20). The fourth-order valence-electron chi connectivity index (χ4n) is 2.51. The summed E-state index contributed by atoms with van der Waals surface area (Å²) in [6.45, 7) is 1.38. The van der Waals surface area contributed by atoms with Gasteiger partial charge in [-0.25, -0.2) is 0 Å². The summed E-state index contributed by atoms with van der Waals surface area (Å²) in [6, 6.07) is 0.303. The third-order valence-electron chi connectivity index (χ3n) is 3.80. The Morgan fingerprint density at radius 2 is 2.00 bits per heavy atom. The lowest BCUT2D eigenvalue weighted by Crippen LogP contribution is -2.27. The first kappa shape index (κ1) is 14.2. The third-order valence-corrected chi connectivity index (χ3v) is 5.07. The van der Waals surface area contributed by atoms with Crippen LogP contribution in [0.15, 0.2) is 0 Å². The van der Waals surface area contributed by atoms with Crippen LogP contribution in [-0.4, -0.2) is 37.0 Å². The number of primary amides is 1. The molecule has 8 heteroatoms. The molecule has 0 radical (unpaired) electrons. The first-order valence-corrected chi connectivity index (χ1v) is 7.82. The maximum Gasteiger partial charge on any atom is 0.263 e. The van der Waals surface area contributed by atoms with Gasteiger partial charge in [-0.1, -0.05) is 0 Å². The van der Waals surface area contributed by atoms with Gasteiger partial charge in [0.15, 0.2) is 0 Å². The van der Waals surface area contributed by atoms with Crippen LogP contribution in [0.4, 0.5) is 10.7 Å². The Balaban J connectivity index is 1.94. The van der Waals surface area contributed by atoms with Crippen LogP contribution in [0.1, 0.15) is 39.3 Å². The van der Waals surface area contributed by atoms with Crippen molar-refractivity contribution in [3.8, 4) is 0 Å². The average Bonchev–Trinajstić information content (AvgIpc) is 2.99. The summed E-state index contributed by atoms with van der Waals surface area (Å²) >= 11 is 1.22. The minimum Gasteiger partial charge on any atom is -0.397 e. The molecule has 1 saturated heterocycles. The van der Waals surface area contributed by atoms with Crippen molar-refractivity contribution in [2.45, 2.75) is 31.3 Å². The lowest BCUT2D eigenvalue weighted by atomic mass is 10.2. The third kappa shape index (κ3) is 2.68. The molecule has 114 valence electrons. The number of nitrogens with zero attached hydrogens (tertiary/aromatic N) is 1. The predicted octanol–water partition coefficient (Wildman–Crippen LogP) is -0.141. The number of hydrogen-bond acceptors (Lipinski definition) is 6. The molecular formula is C13H19N5O2S. The highest BCUT2D eigenvalue weighted by molar-refractivity contribution is 7.19. The van der Waals surface area contributed by atoms with E-state index in [4.69, 9.17) is 17.2 Å². The van der Waals surface area contributed by atoms with Gasteiger partial charge >= 0.3 is 0 Å². The number of carbonyl (C=O) groups excluding carboxylic acids is 2. The zero-order valence-electron chi connectivity index (χ0n) is 11.6. The highest BCUT2D eigenvalue weighted by atomic mass is 32.1. The van der Waals surface area contributed by atoms with Crippen LogP contribution in [0, 0.1) is 0 Å². The van der Waals surface area contributed by atoms with Gasteiger partial charge in [-0.05, 0) is 19.3 Å². The first-order valence-electron chi connectivity index (χ1n) is 7.00. The van der Waals surface area contributed by atoms with Crippen LogP contribution in [0.25, 0.3) is 0 Å². The molecule has 1 aromatic heterocycles. The van der Waals surface area contributed by atoms with Crippen molar-refractivity contribution in [3.63, 3.8) is 0 Å². The van der Waals surface area contributed by atoms with E-state index in [1.165, 1.54) is 11.3 Å². The van der Waals surface area contributed by atoms with E-state index in [0.29, 0.717) is 16.4 Å². The molecule has 7 nitrogen and oxygen atoms in total. The molecule has 1 atom stereocenters. The Hall–Kier alpha value is -1.80. The van der Waals surface area contributed by atoms with Crippen molar-refractivity contribution in [2.24, 2.45) is 11.5 Å². The Morgan fingerprint density at radius 1 is 1.29 bits per heavy atom. The molecule has 3 rings (SSSR count). The number of nitrogen functional groups attached to an aromatic ring is 1. The van der Waals surface area contributed by atoms with Crippen LogP contribution in [0.3, 0.4) is 0 Å². The highest BCUT2D eigenvalue weighted by Gasteiger charge is 2.32. The second-order valence-corrected chi connectivity index (χ2v) is 6.63. The van der Waals surface area contributed by atoms with Crippen molar-refractivity contribution >= 4 is 33.8 Å². The van der Waals surface area contributed by atoms with Crippen molar-refractivity contribution in [3.05, 3.63) is 10.4 Å². The Bertz CT molecular complexity index is 596. The molecule has 0 aromatic carbocycles. The molecule has 2 fully saturated rings. The zero-order chi connectivity index (χ0) is 15.1. The van der Waals surface area contributed by atoms with Gasteiger partial charge in [-0.3, -0.25) is 9.59 Å². The molecule has 7 N–H and O–H groups in total. The number of hydrogen-bond donors (Lipinski definition) is 4. The van der Waals surface area contributed by atoms with Crippen molar-refractivity contribution in [2.75, 3.05) is 23.7 Å². The molecule has 2 aliphatic rings. The number of nitrogens with one attached hydrogen (secondary N) is 1. The molecule has 2 heterocycles. The minimum absolute atomic E-state index is 0.0674. The number of thiophene rings is 1. The van der Waals surface area contributed by atoms with Gasteiger partial charge in [0, 0.05) is 25.2 Å². The van der Waals surface area contributed by atoms with Crippen molar-refractivity contribution < 1.29 is 9.59 Å². The summed E-state index contributed by atoms with van der Waals surface area (Å²) in [7, 11) is 0. The molecule has 0 bridgehead atoms. The number of amides is 2. The molecular weight excluding hydrogens is 290 g/mol. The SMILES string of the molecule is NC(=O)c1c(N2CCC(N)C2)sc(C(=O)NC2CC2)c1N. The molecule has 2 amide bonds. The van der Waals surface area contributed by atoms with E-state index in [2.05, 4.69) is 5.32 Å². The van der Waals surface area contributed by atoms with E-state index in [1.54, 1.807) is 0 Å². The molecule has 1 unspecified atom stereocenters. The molecule has 1 aliphatic carbocycles. The van der Waals surface area contributed by atoms with Crippen LogP contribution < -0.4 is 27.4 Å². The Labute approximate surface area is 126 Å². The fourth-order valence-corrected chi connectivity index (χ4v) is 3.68. The van der Waals surface area contributed by atoms with E-state index in [0.717, 1.165) is 25.8 Å². The topological polar surface area (TPSA) is 127 Å². The minimum atomic E-state index is -0.607. The summed E-state index contributed by atoms with van der Waals surface area (Å²) in [6.07, 6.45) is 2.83. The van der Waals surface area contributed by atoms with Gasteiger partial charge in [-0.2, -0.15) is 0 Å². The number of nitrogens with two attached hydrogens (primary N) is 3. The Kier molecular flexibility index (Phi) is 3.50. The monoisotopic (exact) mass is 309 g/mol. The second kappa shape index (κ2) is 5.19. The maximum atomic E-state index is 12.2. The van der Waals surface area contributed by atoms with Crippen LogP contribution in [0.2, 0.25) is 0 Å². The smallest absolute Gasteiger partial charge is 0.263 e. The largest absolute Gasteiger partial charge is 0.397 e. The zero-order valence-corrected chi connectivity index (χ0v) is 12.4. The molecule has 1 aromatic rings. The number of rotatable bonds is 4. The molecule has 1 saturated carbocycles. The second-order valence-electron chi connectivity index (χ2n) is 5.63. The summed E-state index contributed by atoms with van der Waals surface area (Å²) in [4.78, 5) is 26.3.